The second-order valence-electron chi connectivity index (χ2n) is 22.9. The third kappa shape index (κ3) is 12.8. The summed E-state index contributed by atoms with van der Waals surface area (Å²) >= 11 is 0. The molecule has 0 radical (unpaired) electrons. The van der Waals surface area contributed by atoms with E-state index in [9.17, 15) is 38.4 Å². The normalized spacial score (nSPS) is 16.2. The van der Waals surface area contributed by atoms with Crippen molar-refractivity contribution in [3.8, 4) is 17.0 Å². The Kier molecular flexibility index (Phi) is 16.0. The molecule has 1 aromatic heterocycles. The second kappa shape index (κ2) is 22.3. The summed E-state index contributed by atoms with van der Waals surface area (Å²) in [6.07, 6.45) is 3.26. The van der Waals surface area contributed by atoms with E-state index in [2.05, 4.69) is 74.6 Å². The number of anilines is 3. The van der Waals surface area contributed by atoms with Crippen molar-refractivity contribution < 1.29 is 38.3 Å². The van der Waals surface area contributed by atoms with Crippen molar-refractivity contribution in [1.29, 1.82) is 0 Å². The molecule has 404 valence electrons. The van der Waals surface area contributed by atoms with Crippen molar-refractivity contribution >= 4 is 58.5 Å². The van der Waals surface area contributed by atoms with E-state index in [0.29, 0.717) is 54.3 Å². The van der Waals surface area contributed by atoms with E-state index in [4.69, 9.17) is 9.72 Å². The fourth-order valence-electron chi connectivity index (χ4n) is 10.7. The lowest BCUT2D eigenvalue weighted by molar-refractivity contribution is -0.136. The predicted octanol–water partition coefficient (Wildman–Crippen LogP) is 7.24. The molecule has 8 rings (SSSR count). The smallest absolute Gasteiger partial charge is 0.293 e. The van der Waals surface area contributed by atoms with Gasteiger partial charge in [0, 0.05) is 87.0 Å². The van der Waals surface area contributed by atoms with Crippen LogP contribution in [-0.2, 0) is 26.8 Å². The van der Waals surface area contributed by atoms with Gasteiger partial charge in [-0.1, -0.05) is 78.8 Å². The van der Waals surface area contributed by atoms with Gasteiger partial charge in [0.15, 0.2) is 12.4 Å². The van der Waals surface area contributed by atoms with Crippen LogP contribution < -0.4 is 31.6 Å². The minimum atomic E-state index is -1.11. The summed E-state index contributed by atoms with van der Waals surface area (Å²) in [6.45, 7) is 20.5. The van der Waals surface area contributed by atoms with Gasteiger partial charge in [-0.2, -0.15) is 0 Å². The summed E-state index contributed by atoms with van der Waals surface area (Å²) in [5.41, 5.74) is 5.01. The summed E-state index contributed by atoms with van der Waals surface area (Å²) in [4.78, 5) is 114. The summed E-state index contributed by atoms with van der Waals surface area (Å²) in [5.74, 6) is -3.05. The van der Waals surface area contributed by atoms with E-state index in [1.807, 2.05) is 54.3 Å². The van der Waals surface area contributed by atoms with Crippen molar-refractivity contribution in [2.24, 2.45) is 17.9 Å². The van der Waals surface area contributed by atoms with E-state index >= 15 is 0 Å². The molecule has 0 bridgehead atoms. The SMILES string of the molecule is Cc1c(NC(=O)c2ccc(C(C)(C)C)cc2)cccc1-c1cn(C)c(=O)c(Nc2ccc(C(=O)N3CCN(CC(C)(C)CC(C)(C)CCNC(=O)COc4cccc5c4C(=O)N(C4CCC(=O)NC4=O)C5=O)CC3)cc2)n1. The number of hydrogen-bond donors (Lipinski definition) is 4. The third-order valence-corrected chi connectivity index (χ3v) is 14.5. The molecule has 2 saturated heterocycles. The van der Waals surface area contributed by atoms with Gasteiger partial charge >= 0.3 is 0 Å². The molecule has 1 unspecified atom stereocenters. The maximum absolute atomic E-state index is 13.7. The first-order chi connectivity index (χ1) is 36.4. The number of aromatic nitrogens is 2. The number of hydrogen-bond acceptors (Lipinski definition) is 12. The van der Waals surface area contributed by atoms with Crippen LogP contribution in [0.5, 0.6) is 5.75 Å². The molecule has 18 heteroatoms. The van der Waals surface area contributed by atoms with Gasteiger partial charge in [-0.05, 0) is 108 Å². The first-order valence-corrected chi connectivity index (χ1v) is 26.1. The van der Waals surface area contributed by atoms with Crippen molar-refractivity contribution in [2.75, 3.05) is 56.5 Å². The largest absolute Gasteiger partial charge is 0.483 e. The zero-order valence-electron chi connectivity index (χ0n) is 45.4. The monoisotopic (exact) mass is 1050 g/mol. The topological polar surface area (TPSA) is 221 Å². The number of nitrogens with zero attached hydrogens (tertiary/aromatic N) is 5. The molecule has 2 fully saturated rings. The standard InChI is InChI=1S/C59H69N9O9/c1-36-41(12-10-14-43(36)63-51(71)37-16-20-39(21-17-37)57(2,3)4)44-32-65(9)56(76)50(62-44)61-40-22-18-38(19-23-40)53(73)67-30-28-66(29-31-67)35-59(7,8)34-58(5,6)26-27-60-48(70)33-77-46-15-11-13-42-49(46)55(75)68(54(42)74)45-24-25-47(69)64-52(45)72/h10-23,32,45H,24-31,33-35H2,1-9H3,(H,60,70)(H,61,62)(H,63,71)(H,64,69,72). The van der Waals surface area contributed by atoms with Gasteiger partial charge in [0.2, 0.25) is 11.8 Å². The summed E-state index contributed by atoms with van der Waals surface area (Å²) < 4.78 is 7.22. The van der Waals surface area contributed by atoms with Gasteiger partial charge in [-0.15, -0.1) is 0 Å². The predicted molar refractivity (Wildman–Crippen MR) is 293 cm³/mol. The minimum absolute atomic E-state index is 0.00455. The molecule has 3 aliphatic heterocycles. The number of benzene rings is 4. The lowest BCUT2D eigenvalue weighted by Gasteiger charge is -2.41. The maximum Gasteiger partial charge on any atom is 0.293 e. The number of aryl methyl sites for hydroxylation is 1. The van der Waals surface area contributed by atoms with Gasteiger partial charge in [-0.3, -0.25) is 53.5 Å². The summed E-state index contributed by atoms with van der Waals surface area (Å²) in [6, 6.07) is 23.6. The molecule has 1 atom stereocenters. The van der Waals surface area contributed by atoms with Crippen LogP contribution in [0.2, 0.25) is 0 Å². The molecule has 3 aliphatic rings. The Morgan fingerprint density at radius 3 is 2.12 bits per heavy atom. The van der Waals surface area contributed by atoms with Crippen molar-refractivity contribution in [3.05, 3.63) is 135 Å². The van der Waals surface area contributed by atoms with Gasteiger partial charge in [0.25, 0.3) is 35.1 Å². The van der Waals surface area contributed by atoms with Gasteiger partial charge in [0.05, 0.1) is 16.8 Å². The number of imide groups is 2. The van der Waals surface area contributed by atoms with Crippen LogP contribution >= 0.6 is 0 Å². The molecule has 77 heavy (non-hydrogen) atoms. The average Bonchev–Trinajstić information content (AvgIpc) is 3.67. The van der Waals surface area contributed by atoms with Crippen LogP contribution in [-0.4, -0.2) is 118 Å². The van der Waals surface area contributed by atoms with Crippen LogP contribution in [0.1, 0.15) is 127 Å². The van der Waals surface area contributed by atoms with Gasteiger partial charge in [-0.25, -0.2) is 4.98 Å². The van der Waals surface area contributed by atoms with Crippen LogP contribution in [0.3, 0.4) is 0 Å². The number of piperazine rings is 1. The highest BCUT2D eigenvalue weighted by atomic mass is 16.5. The Hall–Kier alpha value is -7.99. The third-order valence-electron chi connectivity index (χ3n) is 14.5. The van der Waals surface area contributed by atoms with Gasteiger partial charge < -0.3 is 30.2 Å². The van der Waals surface area contributed by atoms with Crippen molar-refractivity contribution in [2.45, 2.75) is 92.5 Å². The Balaban J connectivity index is 0.783. The van der Waals surface area contributed by atoms with E-state index in [-0.39, 0.29) is 81.7 Å². The first-order valence-electron chi connectivity index (χ1n) is 26.1. The van der Waals surface area contributed by atoms with Crippen LogP contribution in [0.4, 0.5) is 17.2 Å². The van der Waals surface area contributed by atoms with Crippen LogP contribution in [0.15, 0.2) is 95.9 Å². The number of ether oxygens (including phenoxy) is 1. The summed E-state index contributed by atoms with van der Waals surface area (Å²) in [7, 11) is 1.66. The maximum atomic E-state index is 13.7. The number of fused-ring (bicyclic) bond motifs is 1. The van der Waals surface area contributed by atoms with Crippen LogP contribution in [0, 0.1) is 17.8 Å². The Morgan fingerprint density at radius 1 is 0.779 bits per heavy atom. The van der Waals surface area contributed by atoms with Crippen molar-refractivity contribution in [1.82, 2.24) is 34.9 Å². The number of carbonyl (C=O) groups is 7. The Labute approximate surface area is 448 Å². The number of piperidine rings is 1. The average molecular weight is 1050 g/mol. The first kappa shape index (κ1) is 55.2. The molecule has 4 heterocycles. The molecule has 0 saturated carbocycles. The summed E-state index contributed by atoms with van der Waals surface area (Å²) in [5, 5.41) is 11.3. The highest BCUT2D eigenvalue weighted by Gasteiger charge is 2.46. The quantitative estimate of drug-likeness (QED) is 0.0678. The lowest BCUT2D eigenvalue weighted by Crippen LogP contribution is -2.54. The van der Waals surface area contributed by atoms with E-state index in [1.165, 1.54) is 16.7 Å². The molecular weight excluding hydrogens is 979 g/mol. The molecule has 7 amide bonds. The Bertz CT molecular complexity index is 3190. The minimum Gasteiger partial charge on any atom is -0.483 e. The fraction of sp³-hybridized carbons (Fsp3) is 0.407. The molecule has 4 aromatic carbocycles. The van der Waals surface area contributed by atoms with Gasteiger partial charge in [0.1, 0.15) is 11.8 Å². The number of nitrogens with one attached hydrogen (secondary N) is 4. The number of amides is 7. The lowest BCUT2D eigenvalue weighted by atomic mass is 9.73. The van der Waals surface area contributed by atoms with Crippen molar-refractivity contribution in [3.63, 3.8) is 0 Å². The Morgan fingerprint density at radius 2 is 1.44 bits per heavy atom. The molecule has 0 aliphatic carbocycles. The molecule has 18 nitrogen and oxygen atoms in total. The van der Waals surface area contributed by atoms with E-state index in [1.54, 1.807) is 43.6 Å². The highest BCUT2D eigenvalue weighted by molar-refractivity contribution is 6.24. The molecular formula is C59H69N9O9. The second-order valence-corrected chi connectivity index (χ2v) is 22.9. The zero-order valence-corrected chi connectivity index (χ0v) is 45.4. The number of rotatable bonds is 17. The van der Waals surface area contributed by atoms with Crippen LogP contribution in [0.25, 0.3) is 11.3 Å². The zero-order chi connectivity index (χ0) is 55.6. The van der Waals surface area contributed by atoms with E-state index < -0.39 is 29.7 Å². The molecule has 4 N–H and O–H groups in total. The fourth-order valence-corrected chi connectivity index (χ4v) is 10.7. The molecule has 0 spiro atoms. The molecule has 5 aromatic rings. The van der Waals surface area contributed by atoms with E-state index in [0.717, 1.165) is 47.6 Å². The highest BCUT2D eigenvalue weighted by Crippen LogP contribution is 2.38. The number of carbonyl (C=O) groups excluding carboxylic acids is 7.